The van der Waals surface area contributed by atoms with E-state index in [9.17, 15) is 4.79 Å². The average Bonchev–Trinajstić information content (AvgIpc) is 3.26. The molecule has 1 aliphatic rings. The maximum absolute atomic E-state index is 12.4. The fourth-order valence-corrected chi connectivity index (χ4v) is 3.57. The van der Waals surface area contributed by atoms with Gasteiger partial charge in [-0.1, -0.05) is 18.2 Å². The Bertz CT molecular complexity index is 1110. The van der Waals surface area contributed by atoms with Crippen LogP contribution in [-0.4, -0.2) is 82.7 Å². The van der Waals surface area contributed by atoms with Gasteiger partial charge in [-0.2, -0.15) is 0 Å². The van der Waals surface area contributed by atoms with Crippen LogP contribution in [-0.2, 0) is 20.9 Å². The summed E-state index contributed by atoms with van der Waals surface area (Å²) < 4.78 is 10.7. The van der Waals surface area contributed by atoms with Crippen molar-refractivity contribution in [2.45, 2.75) is 6.54 Å². The molecular formula is C24H27N3O7. The topological polar surface area (TPSA) is 132 Å². The number of amides is 1. The molecule has 180 valence electrons. The lowest BCUT2D eigenvalue weighted by Crippen LogP contribution is -2.49. The van der Waals surface area contributed by atoms with Crippen molar-refractivity contribution >= 4 is 28.7 Å². The van der Waals surface area contributed by atoms with E-state index in [0.29, 0.717) is 5.75 Å². The van der Waals surface area contributed by atoms with Crippen molar-refractivity contribution in [1.82, 2.24) is 14.8 Å². The molecule has 2 heterocycles. The van der Waals surface area contributed by atoms with Crippen molar-refractivity contribution in [3.8, 4) is 11.5 Å². The van der Waals surface area contributed by atoms with Crippen molar-refractivity contribution in [2.24, 2.45) is 0 Å². The van der Waals surface area contributed by atoms with E-state index in [4.69, 9.17) is 29.3 Å². The number of benzene rings is 2. The molecule has 1 aromatic heterocycles. The van der Waals surface area contributed by atoms with Gasteiger partial charge in [0.15, 0.2) is 6.61 Å². The number of carbonyl (C=O) groups excluding carboxylic acids is 1. The Morgan fingerprint density at radius 3 is 2.15 bits per heavy atom. The second-order valence-corrected chi connectivity index (χ2v) is 7.59. The summed E-state index contributed by atoms with van der Waals surface area (Å²) in [5.41, 5.74) is 2.47. The van der Waals surface area contributed by atoms with E-state index >= 15 is 0 Å². The zero-order valence-electron chi connectivity index (χ0n) is 18.8. The van der Waals surface area contributed by atoms with Crippen LogP contribution in [0.1, 0.15) is 5.56 Å². The highest BCUT2D eigenvalue weighted by atomic mass is 16.5. The highest BCUT2D eigenvalue weighted by Crippen LogP contribution is 2.20. The fraction of sp³-hybridized carbons (Fsp3) is 0.292. The van der Waals surface area contributed by atoms with Crippen LogP contribution in [0.25, 0.3) is 10.9 Å². The van der Waals surface area contributed by atoms with Crippen LogP contribution >= 0.6 is 0 Å². The molecule has 10 heteroatoms. The normalized spacial score (nSPS) is 13.6. The van der Waals surface area contributed by atoms with Gasteiger partial charge in [-0.05, 0) is 35.9 Å². The fourth-order valence-electron chi connectivity index (χ4n) is 3.57. The second-order valence-electron chi connectivity index (χ2n) is 7.59. The number of ether oxygens (including phenoxy) is 2. The summed E-state index contributed by atoms with van der Waals surface area (Å²) in [5, 5.41) is 16.1. The lowest BCUT2D eigenvalue weighted by Gasteiger charge is -2.34. The Balaban J connectivity index is 0.000000481. The molecule has 1 aliphatic heterocycles. The van der Waals surface area contributed by atoms with E-state index < -0.39 is 11.9 Å². The smallest absolute Gasteiger partial charge is 0.414 e. The predicted molar refractivity (Wildman–Crippen MR) is 124 cm³/mol. The third-order valence-electron chi connectivity index (χ3n) is 5.40. The lowest BCUT2D eigenvalue weighted by molar-refractivity contribution is -0.159. The third kappa shape index (κ3) is 6.72. The monoisotopic (exact) mass is 469 g/mol. The van der Waals surface area contributed by atoms with Crippen LogP contribution in [0.3, 0.4) is 0 Å². The summed E-state index contributed by atoms with van der Waals surface area (Å²) in [5.74, 6) is -2.18. The molecule has 0 atom stereocenters. The Labute approximate surface area is 196 Å². The number of carboxylic acid groups (broad SMARTS) is 2. The van der Waals surface area contributed by atoms with Crippen LogP contribution in [0, 0.1) is 0 Å². The summed E-state index contributed by atoms with van der Waals surface area (Å²) in [4.78, 5) is 38.3. The number of para-hydroxylation sites is 1. The van der Waals surface area contributed by atoms with Crippen molar-refractivity contribution in [3.05, 3.63) is 60.3 Å². The summed E-state index contributed by atoms with van der Waals surface area (Å²) in [6.07, 6.45) is 2.09. The first-order valence-electron chi connectivity index (χ1n) is 10.7. The number of nitrogens with zero attached hydrogens (tertiary/aromatic N) is 2. The molecule has 1 amide bonds. The zero-order chi connectivity index (χ0) is 24.5. The first kappa shape index (κ1) is 24.6. The molecule has 2 aromatic carbocycles. The number of nitrogens with one attached hydrogen (secondary N) is 1. The number of piperazine rings is 1. The molecule has 34 heavy (non-hydrogen) atoms. The number of carbonyl (C=O) groups is 3. The molecule has 0 saturated carbocycles. The molecule has 10 nitrogen and oxygen atoms in total. The minimum atomic E-state index is -1.82. The SMILES string of the molecule is COc1ccc(OCC(=O)N2CCN(Cc3c[nH]c4ccccc34)CC2)cc1.O=C(O)C(=O)O. The van der Waals surface area contributed by atoms with Gasteiger partial charge < -0.3 is 29.6 Å². The molecule has 3 N–H and O–H groups in total. The minimum absolute atomic E-state index is 0.0302. The number of methoxy groups -OCH3 is 1. The van der Waals surface area contributed by atoms with Gasteiger partial charge in [0.2, 0.25) is 0 Å². The molecular weight excluding hydrogens is 442 g/mol. The molecule has 0 radical (unpaired) electrons. The van der Waals surface area contributed by atoms with E-state index in [1.165, 1.54) is 16.5 Å². The summed E-state index contributed by atoms with van der Waals surface area (Å²) in [7, 11) is 1.62. The number of aliphatic carboxylic acids is 2. The van der Waals surface area contributed by atoms with Gasteiger partial charge >= 0.3 is 11.9 Å². The van der Waals surface area contributed by atoms with Crippen LogP contribution < -0.4 is 9.47 Å². The van der Waals surface area contributed by atoms with Crippen molar-refractivity contribution < 1.29 is 34.1 Å². The van der Waals surface area contributed by atoms with Gasteiger partial charge in [-0.3, -0.25) is 9.69 Å². The molecule has 0 bridgehead atoms. The Hall–Kier alpha value is -4.05. The van der Waals surface area contributed by atoms with Gasteiger partial charge in [0.25, 0.3) is 5.91 Å². The Morgan fingerprint density at radius 1 is 0.912 bits per heavy atom. The van der Waals surface area contributed by atoms with E-state index in [-0.39, 0.29) is 12.5 Å². The molecule has 0 unspecified atom stereocenters. The maximum atomic E-state index is 12.4. The molecule has 1 saturated heterocycles. The van der Waals surface area contributed by atoms with Crippen LogP contribution in [0.15, 0.2) is 54.7 Å². The maximum Gasteiger partial charge on any atom is 0.414 e. The highest BCUT2D eigenvalue weighted by molar-refractivity contribution is 6.27. The molecule has 0 aliphatic carbocycles. The van der Waals surface area contributed by atoms with Crippen LogP contribution in [0.4, 0.5) is 0 Å². The van der Waals surface area contributed by atoms with Gasteiger partial charge in [0.1, 0.15) is 11.5 Å². The standard InChI is InChI=1S/C22H25N3O3.C2H2O4/c1-27-18-6-8-19(9-7-18)28-16-22(26)25-12-10-24(11-13-25)15-17-14-23-21-5-3-2-4-20(17)21;3-1(4)2(5)6/h2-9,14,23H,10-13,15-16H2,1H3;(H,3,4)(H,5,6). The summed E-state index contributed by atoms with van der Waals surface area (Å²) >= 11 is 0. The zero-order valence-corrected chi connectivity index (χ0v) is 18.8. The van der Waals surface area contributed by atoms with Gasteiger partial charge in [-0.15, -0.1) is 0 Å². The molecule has 1 fully saturated rings. The minimum Gasteiger partial charge on any atom is -0.497 e. The van der Waals surface area contributed by atoms with Gasteiger partial charge in [0.05, 0.1) is 7.11 Å². The summed E-state index contributed by atoms with van der Waals surface area (Å²) in [6.45, 7) is 4.16. The van der Waals surface area contributed by atoms with Crippen molar-refractivity contribution in [1.29, 1.82) is 0 Å². The van der Waals surface area contributed by atoms with E-state index in [0.717, 1.165) is 38.5 Å². The van der Waals surface area contributed by atoms with Crippen molar-refractivity contribution in [3.63, 3.8) is 0 Å². The van der Waals surface area contributed by atoms with Crippen LogP contribution in [0.5, 0.6) is 11.5 Å². The highest BCUT2D eigenvalue weighted by Gasteiger charge is 2.22. The van der Waals surface area contributed by atoms with E-state index in [1.54, 1.807) is 7.11 Å². The van der Waals surface area contributed by atoms with Crippen LogP contribution in [0.2, 0.25) is 0 Å². The number of rotatable bonds is 6. The first-order chi connectivity index (χ1) is 16.4. The lowest BCUT2D eigenvalue weighted by atomic mass is 10.1. The Kier molecular flexibility index (Phi) is 8.47. The average molecular weight is 469 g/mol. The number of H-pyrrole nitrogens is 1. The largest absolute Gasteiger partial charge is 0.497 e. The van der Waals surface area contributed by atoms with Crippen molar-refractivity contribution in [2.75, 3.05) is 39.9 Å². The quantitative estimate of drug-likeness (QED) is 0.468. The molecule has 0 spiro atoms. The molecule has 4 rings (SSSR count). The number of carboxylic acids is 2. The summed E-state index contributed by atoms with van der Waals surface area (Å²) in [6, 6.07) is 15.6. The first-order valence-corrected chi connectivity index (χ1v) is 10.7. The predicted octanol–water partition coefficient (Wildman–Crippen LogP) is 2.06. The number of hydrogen-bond donors (Lipinski definition) is 3. The van der Waals surface area contributed by atoms with Gasteiger partial charge in [-0.25, -0.2) is 9.59 Å². The number of fused-ring (bicyclic) bond motifs is 1. The van der Waals surface area contributed by atoms with E-state index in [1.807, 2.05) is 35.2 Å². The Morgan fingerprint density at radius 2 is 1.53 bits per heavy atom. The van der Waals surface area contributed by atoms with E-state index in [2.05, 4.69) is 34.3 Å². The third-order valence-corrected chi connectivity index (χ3v) is 5.40. The number of hydrogen-bond acceptors (Lipinski definition) is 6. The number of aromatic amines is 1. The second kappa shape index (κ2) is 11.7. The number of aromatic nitrogens is 1. The van der Waals surface area contributed by atoms with Gasteiger partial charge in [0, 0.05) is 49.8 Å². The molecule has 3 aromatic rings.